The third-order valence-corrected chi connectivity index (χ3v) is 0.817. The second-order valence-corrected chi connectivity index (χ2v) is 1.37. The minimum Gasteiger partial charge on any atom is -0.246 e. The average Bonchev–Trinajstić information content (AvgIpc) is 1.86. The molecule has 0 fully saturated rings. The molecule has 1 aliphatic rings. The third kappa shape index (κ3) is 0.588. The predicted octanol–water partition coefficient (Wildman–Crippen LogP) is 1.49. The fourth-order valence-corrected chi connectivity index (χ4v) is 0.486. The summed E-state index contributed by atoms with van der Waals surface area (Å²) in [5, 5.41) is 0. The van der Waals surface area contributed by atoms with Gasteiger partial charge in [0.1, 0.15) is 6.17 Å². The van der Waals surface area contributed by atoms with Crippen LogP contribution in [0.3, 0.4) is 0 Å². The van der Waals surface area contributed by atoms with Crippen LogP contribution in [0.2, 0.25) is 0 Å². The fourth-order valence-electron chi connectivity index (χ4n) is 0.486. The molecule has 1 aliphatic carbocycles. The molecule has 1 radical (unpaired) electrons. The van der Waals surface area contributed by atoms with Crippen molar-refractivity contribution >= 4 is 0 Å². The van der Waals surface area contributed by atoms with Crippen molar-refractivity contribution in [2.75, 3.05) is 0 Å². The molecule has 0 saturated carbocycles. The Labute approximate surface area is 36.7 Å². The van der Waals surface area contributed by atoms with E-state index in [2.05, 4.69) is 0 Å². The Morgan fingerprint density at radius 1 is 1.67 bits per heavy atom. The van der Waals surface area contributed by atoms with Crippen molar-refractivity contribution < 1.29 is 4.39 Å². The Kier molecular flexibility index (Phi) is 0.906. The van der Waals surface area contributed by atoms with Crippen LogP contribution in [-0.4, -0.2) is 6.17 Å². The summed E-state index contributed by atoms with van der Waals surface area (Å²) < 4.78 is 11.8. The normalized spacial score (nSPS) is 22.8. The molecule has 0 aromatic heterocycles. The average molecular weight is 85.1 g/mol. The number of rotatable bonds is 0. The predicted molar refractivity (Wildman–Crippen MR) is 23.0 cm³/mol. The van der Waals surface area contributed by atoms with E-state index in [0.29, 0.717) is 6.42 Å². The van der Waals surface area contributed by atoms with Gasteiger partial charge in [0.15, 0.2) is 0 Å². The summed E-state index contributed by atoms with van der Waals surface area (Å²) in [5.41, 5.74) is 0. The minimum atomic E-state index is -0.690. The van der Waals surface area contributed by atoms with Gasteiger partial charge in [-0.15, -0.1) is 0 Å². The lowest BCUT2D eigenvalue weighted by molar-refractivity contribution is 0.397. The van der Waals surface area contributed by atoms with Gasteiger partial charge in [0, 0.05) is 6.42 Å². The third-order valence-electron chi connectivity index (χ3n) is 0.817. The van der Waals surface area contributed by atoms with E-state index in [9.17, 15) is 4.39 Å². The van der Waals surface area contributed by atoms with Crippen LogP contribution in [-0.2, 0) is 0 Å². The zero-order valence-corrected chi connectivity index (χ0v) is 3.39. The van der Waals surface area contributed by atoms with Crippen molar-refractivity contribution in [1.29, 1.82) is 0 Å². The lowest BCUT2D eigenvalue weighted by atomic mass is 10.3. The molecule has 0 aliphatic heterocycles. The van der Waals surface area contributed by atoms with E-state index in [-0.39, 0.29) is 0 Å². The van der Waals surface area contributed by atoms with Crippen molar-refractivity contribution in [1.82, 2.24) is 0 Å². The first kappa shape index (κ1) is 3.85. The molecular formula is C5H6F. The van der Waals surface area contributed by atoms with Gasteiger partial charge in [0.05, 0.1) is 0 Å². The number of allylic oxidation sites excluding steroid dienone is 2. The minimum absolute atomic E-state index is 0.583. The van der Waals surface area contributed by atoms with Crippen LogP contribution >= 0.6 is 0 Å². The Balaban J connectivity index is 2.32. The van der Waals surface area contributed by atoms with Crippen molar-refractivity contribution in [2.24, 2.45) is 0 Å². The van der Waals surface area contributed by atoms with Gasteiger partial charge in [0.2, 0.25) is 0 Å². The SMILES string of the molecule is FC1[CH]C=CC1. The van der Waals surface area contributed by atoms with Crippen LogP contribution in [0, 0.1) is 6.42 Å². The number of alkyl halides is 1. The monoisotopic (exact) mass is 85.0 g/mol. The second-order valence-electron chi connectivity index (χ2n) is 1.37. The van der Waals surface area contributed by atoms with E-state index in [1.165, 1.54) is 0 Å². The molecule has 1 rings (SSSR count). The van der Waals surface area contributed by atoms with Crippen LogP contribution in [0.5, 0.6) is 0 Å². The Bertz CT molecular complexity index is 58.3. The standard InChI is InChI=1S/C5H6F/c6-5-3-1-2-4-5/h1-3,5H,4H2. The summed E-state index contributed by atoms with van der Waals surface area (Å²) in [4.78, 5) is 0. The Morgan fingerprint density at radius 2 is 2.50 bits per heavy atom. The quantitative estimate of drug-likeness (QED) is 0.418. The van der Waals surface area contributed by atoms with Crippen LogP contribution < -0.4 is 0 Å². The summed E-state index contributed by atoms with van der Waals surface area (Å²) in [6.45, 7) is 0. The molecule has 0 aromatic rings. The number of hydrogen-bond donors (Lipinski definition) is 0. The highest BCUT2D eigenvalue weighted by atomic mass is 19.1. The molecule has 0 N–H and O–H groups in total. The first-order chi connectivity index (χ1) is 2.89. The van der Waals surface area contributed by atoms with E-state index in [1.807, 2.05) is 6.08 Å². The van der Waals surface area contributed by atoms with Crippen molar-refractivity contribution in [3.63, 3.8) is 0 Å². The second kappa shape index (κ2) is 1.41. The first-order valence-electron chi connectivity index (χ1n) is 2.03. The maximum atomic E-state index is 11.8. The summed E-state index contributed by atoms with van der Waals surface area (Å²) in [7, 11) is 0. The van der Waals surface area contributed by atoms with Gasteiger partial charge in [-0.3, -0.25) is 0 Å². The molecule has 6 heavy (non-hydrogen) atoms. The maximum absolute atomic E-state index is 11.8. The van der Waals surface area contributed by atoms with Crippen LogP contribution in [0.15, 0.2) is 12.2 Å². The molecular weight excluding hydrogens is 79.1 g/mol. The summed E-state index contributed by atoms with van der Waals surface area (Å²) in [5.74, 6) is 0. The van der Waals surface area contributed by atoms with Gasteiger partial charge >= 0.3 is 0 Å². The van der Waals surface area contributed by atoms with E-state index in [4.69, 9.17) is 0 Å². The molecule has 1 atom stereocenters. The topological polar surface area (TPSA) is 0 Å². The molecule has 33 valence electrons. The van der Waals surface area contributed by atoms with E-state index < -0.39 is 6.17 Å². The molecule has 0 nitrogen and oxygen atoms in total. The fraction of sp³-hybridized carbons (Fsp3) is 0.400. The van der Waals surface area contributed by atoms with Gasteiger partial charge < -0.3 is 0 Å². The highest BCUT2D eigenvalue weighted by Crippen LogP contribution is 2.10. The van der Waals surface area contributed by atoms with Gasteiger partial charge in [-0.25, -0.2) is 4.39 Å². The smallest absolute Gasteiger partial charge is 0.110 e. The zero-order chi connectivity index (χ0) is 4.41. The van der Waals surface area contributed by atoms with Crippen LogP contribution in [0.25, 0.3) is 0 Å². The lowest BCUT2D eigenvalue weighted by Crippen LogP contribution is -1.87. The zero-order valence-electron chi connectivity index (χ0n) is 3.39. The number of hydrogen-bond acceptors (Lipinski definition) is 0. The summed E-state index contributed by atoms with van der Waals surface area (Å²) >= 11 is 0. The van der Waals surface area contributed by atoms with Crippen molar-refractivity contribution in [2.45, 2.75) is 12.6 Å². The molecule has 1 unspecified atom stereocenters. The van der Waals surface area contributed by atoms with E-state index in [1.54, 1.807) is 12.5 Å². The molecule has 0 saturated heterocycles. The molecule has 0 amide bonds. The van der Waals surface area contributed by atoms with Gasteiger partial charge in [-0.1, -0.05) is 12.2 Å². The Hall–Kier alpha value is -0.330. The summed E-state index contributed by atoms with van der Waals surface area (Å²) in [6.07, 6.45) is 5.03. The molecule has 0 heterocycles. The van der Waals surface area contributed by atoms with Crippen molar-refractivity contribution in [3.8, 4) is 0 Å². The molecule has 0 aromatic carbocycles. The van der Waals surface area contributed by atoms with Crippen LogP contribution in [0.1, 0.15) is 6.42 Å². The molecule has 0 bridgehead atoms. The molecule has 1 heteroatoms. The van der Waals surface area contributed by atoms with Crippen molar-refractivity contribution in [3.05, 3.63) is 18.6 Å². The highest BCUT2D eigenvalue weighted by molar-refractivity contribution is 5.08. The van der Waals surface area contributed by atoms with E-state index in [0.717, 1.165) is 0 Å². The van der Waals surface area contributed by atoms with Gasteiger partial charge in [-0.2, -0.15) is 0 Å². The Morgan fingerprint density at radius 3 is 2.67 bits per heavy atom. The molecule has 0 spiro atoms. The van der Waals surface area contributed by atoms with E-state index >= 15 is 0 Å². The van der Waals surface area contributed by atoms with Gasteiger partial charge in [0.25, 0.3) is 0 Å². The number of halogens is 1. The first-order valence-corrected chi connectivity index (χ1v) is 2.03. The summed E-state index contributed by atoms with van der Waals surface area (Å²) in [6, 6.07) is 0. The van der Waals surface area contributed by atoms with Gasteiger partial charge in [-0.05, 0) is 6.42 Å². The largest absolute Gasteiger partial charge is 0.246 e. The highest BCUT2D eigenvalue weighted by Gasteiger charge is 2.05. The maximum Gasteiger partial charge on any atom is 0.110 e. The van der Waals surface area contributed by atoms with Crippen LogP contribution in [0.4, 0.5) is 4.39 Å². The lowest BCUT2D eigenvalue weighted by Gasteiger charge is -1.87.